The van der Waals surface area contributed by atoms with E-state index in [1.54, 1.807) is 0 Å². The number of hydrogen-bond donors (Lipinski definition) is 4. The molecule has 6 nitrogen and oxygen atoms in total. The van der Waals surface area contributed by atoms with Gasteiger partial charge in [0.2, 0.25) is 0 Å². The summed E-state index contributed by atoms with van der Waals surface area (Å²) in [6.45, 7) is 7.92. The Bertz CT molecular complexity index is 722. The average Bonchev–Trinajstić information content (AvgIpc) is 3.12. The minimum absolute atomic E-state index is 0.117. The van der Waals surface area contributed by atoms with Crippen LogP contribution in [0.3, 0.4) is 0 Å². The van der Waals surface area contributed by atoms with Crippen molar-refractivity contribution >= 4 is 17.6 Å². The lowest BCUT2D eigenvalue weighted by Crippen LogP contribution is -2.55. The van der Waals surface area contributed by atoms with Crippen LogP contribution in [0.15, 0.2) is 34.4 Å². The Kier molecular flexibility index (Phi) is 12.0. The van der Waals surface area contributed by atoms with Gasteiger partial charge in [-0.15, -0.1) is 0 Å². The summed E-state index contributed by atoms with van der Waals surface area (Å²) in [5.74, 6) is 0.328. The molecule has 0 aromatic carbocycles. The van der Waals surface area contributed by atoms with Crippen LogP contribution in [0.5, 0.6) is 0 Å². The molecule has 7 heteroatoms. The number of rotatable bonds is 10. The molecule has 1 fully saturated rings. The molecule has 188 valence electrons. The van der Waals surface area contributed by atoms with Crippen molar-refractivity contribution in [3.8, 4) is 0 Å². The van der Waals surface area contributed by atoms with E-state index in [0.29, 0.717) is 31.1 Å². The van der Waals surface area contributed by atoms with Crippen LogP contribution in [0.2, 0.25) is 0 Å². The van der Waals surface area contributed by atoms with Crippen LogP contribution in [-0.4, -0.2) is 66.1 Å². The first-order valence-corrected chi connectivity index (χ1v) is 13.0. The normalized spacial score (nSPS) is 23.3. The maximum Gasteiger partial charge on any atom is 0.317 e. The SMILES string of the molecule is CCCC(C)C(O)[C@@H](CNC)NC(=O)N1CCCC[C@@H](CC(O)C2=CCC=CC(Cl)=C2C)C1. The first-order chi connectivity index (χ1) is 15.8. The molecule has 0 bridgehead atoms. The van der Waals surface area contributed by atoms with Gasteiger partial charge in [-0.2, -0.15) is 0 Å². The standard InChI is InChI=1S/C26H44ClN3O3/c1-5-10-18(2)25(32)23(16-28-4)29-26(33)30-14-9-8-11-20(17-30)15-24(31)21-12-6-7-13-22(27)19(21)3/h7,12-13,18,20,23-25,28,31-32H,5-6,8-11,14-17H2,1-4H3,(H,29,33)/t18?,20-,23+,24?,25?/m0/s1. The molecule has 1 aliphatic heterocycles. The van der Waals surface area contributed by atoms with E-state index in [1.807, 2.05) is 44.0 Å². The number of urea groups is 1. The molecule has 0 saturated carbocycles. The van der Waals surface area contributed by atoms with Crippen molar-refractivity contribution in [2.24, 2.45) is 11.8 Å². The summed E-state index contributed by atoms with van der Waals surface area (Å²) in [5.41, 5.74) is 1.82. The van der Waals surface area contributed by atoms with Gasteiger partial charge < -0.3 is 25.7 Å². The molecule has 1 heterocycles. The molecule has 33 heavy (non-hydrogen) atoms. The van der Waals surface area contributed by atoms with Crippen LogP contribution >= 0.6 is 11.6 Å². The zero-order chi connectivity index (χ0) is 24.4. The zero-order valence-corrected chi connectivity index (χ0v) is 21.6. The third-order valence-corrected chi connectivity index (χ3v) is 7.38. The molecule has 0 aromatic rings. The van der Waals surface area contributed by atoms with E-state index in [9.17, 15) is 15.0 Å². The summed E-state index contributed by atoms with van der Waals surface area (Å²) in [6, 6.07) is -0.466. The molecular weight excluding hydrogens is 438 g/mol. The van der Waals surface area contributed by atoms with E-state index in [-0.39, 0.29) is 23.9 Å². The highest BCUT2D eigenvalue weighted by atomic mass is 35.5. The van der Waals surface area contributed by atoms with Gasteiger partial charge in [0.1, 0.15) is 0 Å². The maximum absolute atomic E-state index is 13.2. The molecule has 2 rings (SSSR count). The van der Waals surface area contributed by atoms with Crippen molar-refractivity contribution in [2.45, 2.75) is 84.0 Å². The summed E-state index contributed by atoms with van der Waals surface area (Å²) >= 11 is 6.34. The van der Waals surface area contributed by atoms with Gasteiger partial charge in [0.05, 0.1) is 18.2 Å². The fourth-order valence-electron chi connectivity index (χ4n) is 4.97. The topological polar surface area (TPSA) is 84.8 Å². The van der Waals surface area contributed by atoms with Gasteiger partial charge in [-0.3, -0.25) is 0 Å². The van der Waals surface area contributed by atoms with E-state index < -0.39 is 12.2 Å². The Morgan fingerprint density at radius 2 is 2.09 bits per heavy atom. The lowest BCUT2D eigenvalue weighted by atomic mass is 9.90. The zero-order valence-electron chi connectivity index (χ0n) is 20.8. The summed E-state index contributed by atoms with van der Waals surface area (Å²) in [4.78, 5) is 15.0. The van der Waals surface area contributed by atoms with Crippen LogP contribution in [0.4, 0.5) is 4.79 Å². The monoisotopic (exact) mass is 481 g/mol. The van der Waals surface area contributed by atoms with Crippen molar-refractivity contribution in [1.29, 1.82) is 0 Å². The van der Waals surface area contributed by atoms with Gasteiger partial charge in [-0.25, -0.2) is 4.79 Å². The predicted molar refractivity (Wildman–Crippen MR) is 136 cm³/mol. The Labute approximate surface area is 205 Å². The minimum Gasteiger partial charge on any atom is -0.391 e. The Morgan fingerprint density at radius 3 is 2.79 bits per heavy atom. The van der Waals surface area contributed by atoms with Gasteiger partial charge in [0, 0.05) is 24.7 Å². The molecule has 0 radical (unpaired) electrons. The molecule has 2 amide bonds. The molecule has 1 saturated heterocycles. The largest absolute Gasteiger partial charge is 0.391 e. The number of allylic oxidation sites excluding steroid dienone is 4. The average molecular weight is 482 g/mol. The number of likely N-dealkylation sites (tertiary alicyclic amines) is 1. The van der Waals surface area contributed by atoms with Crippen molar-refractivity contribution in [1.82, 2.24) is 15.5 Å². The molecular formula is C26H44ClN3O3. The molecule has 0 aromatic heterocycles. The highest BCUT2D eigenvalue weighted by Crippen LogP contribution is 2.30. The number of nitrogens with zero attached hydrogens (tertiary/aromatic N) is 1. The molecule has 5 atom stereocenters. The Balaban J connectivity index is 2.02. The fraction of sp³-hybridized carbons (Fsp3) is 0.731. The summed E-state index contributed by atoms with van der Waals surface area (Å²) in [7, 11) is 1.83. The molecule has 3 unspecified atom stereocenters. The van der Waals surface area contributed by atoms with Crippen LogP contribution in [0.25, 0.3) is 0 Å². The number of aliphatic hydroxyl groups excluding tert-OH is 2. The molecule has 2 aliphatic rings. The highest BCUT2D eigenvalue weighted by Gasteiger charge is 2.30. The van der Waals surface area contributed by atoms with Gasteiger partial charge in [0.25, 0.3) is 0 Å². The quantitative estimate of drug-likeness (QED) is 0.374. The third kappa shape index (κ3) is 8.43. The summed E-state index contributed by atoms with van der Waals surface area (Å²) in [5, 5.41) is 28.7. The number of aliphatic hydroxyl groups is 2. The van der Waals surface area contributed by atoms with Crippen molar-refractivity contribution in [3.05, 3.63) is 34.4 Å². The van der Waals surface area contributed by atoms with E-state index in [2.05, 4.69) is 17.6 Å². The molecule has 0 spiro atoms. The smallest absolute Gasteiger partial charge is 0.317 e. The number of likely N-dealkylation sites (N-methyl/N-ethyl adjacent to an activating group) is 1. The van der Waals surface area contributed by atoms with Crippen molar-refractivity contribution < 1.29 is 15.0 Å². The second-order valence-corrected chi connectivity index (χ2v) is 10.1. The highest BCUT2D eigenvalue weighted by molar-refractivity contribution is 6.31. The van der Waals surface area contributed by atoms with E-state index in [0.717, 1.165) is 49.7 Å². The van der Waals surface area contributed by atoms with E-state index in [1.165, 1.54) is 0 Å². The first kappa shape index (κ1) is 27.9. The number of carbonyl (C=O) groups is 1. The maximum atomic E-state index is 13.2. The number of amides is 2. The lowest BCUT2D eigenvalue weighted by molar-refractivity contribution is 0.0713. The third-order valence-electron chi connectivity index (χ3n) is 6.97. The van der Waals surface area contributed by atoms with Gasteiger partial charge in [-0.05, 0) is 75.1 Å². The van der Waals surface area contributed by atoms with Gasteiger partial charge in [-0.1, -0.05) is 50.4 Å². The first-order valence-electron chi connectivity index (χ1n) is 12.6. The molecule has 4 N–H and O–H groups in total. The van der Waals surface area contributed by atoms with Crippen LogP contribution < -0.4 is 10.6 Å². The minimum atomic E-state index is -0.597. The van der Waals surface area contributed by atoms with Crippen LogP contribution in [0.1, 0.15) is 65.7 Å². The van der Waals surface area contributed by atoms with E-state index >= 15 is 0 Å². The second-order valence-electron chi connectivity index (χ2n) is 9.70. The Hall–Kier alpha value is -1.34. The number of hydrogen-bond acceptors (Lipinski definition) is 4. The number of carbonyl (C=O) groups excluding carboxylic acids is 1. The summed E-state index contributed by atoms with van der Waals surface area (Å²) < 4.78 is 0. The Morgan fingerprint density at radius 1 is 1.33 bits per heavy atom. The van der Waals surface area contributed by atoms with Gasteiger partial charge in [0.15, 0.2) is 0 Å². The fourth-order valence-corrected chi connectivity index (χ4v) is 5.17. The number of halogens is 1. The number of nitrogens with one attached hydrogen (secondary N) is 2. The lowest BCUT2D eigenvalue weighted by Gasteiger charge is -2.32. The van der Waals surface area contributed by atoms with Gasteiger partial charge >= 0.3 is 6.03 Å². The van der Waals surface area contributed by atoms with E-state index in [4.69, 9.17) is 11.6 Å². The van der Waals surface area contributed by atoms with Crippen molar-refractivity contribution in [2.75, 3.05) is 26.7 Å². The van der Waals surface area contributed by atoms with Crippen molar-refractivity contribution in [3.63, 3.8) is 0 Å². The second kappa shape index (κ2) is 14.1. The molecule has 1 aliphatic carbocycles. The summed E-state index contributed by atoms with van der Waals surface area (Å²) in [6.07, 6.45) is 11.0. The van der Waals surface area contributed by atoms with Crippen LogP contribution in [-0.2, 0) is 0 Å². The van der Waals surface area contributed by atoms with Crippen LogP contribution in [0, 0.1) is 11.8 Å². The predicted octanol–water partition coefficient (Wildman–Crippen LogP) is 4.33.